The van der Waals surface area contributed by atoms with Gasteiger partial charge in [-0.2, -0.15) is 13.2 Å². The summed E-state index contributed by atoms with van der Waals surface area (Å²) in [6, 6.07) is 31.1. The average Bonchev–Trinajstić information content (AvgIpc) is 2.98. The van der Waals surface area contributed by atoms with Gasteiger partial charge in [-0.25, -0.2) is 0 Å². The van der Waals surface area contributed by atoms with Gasteiger partial charge in [0.1, 0.15) is 0 Å². The molecule has 1 aliphatic rings. The Kier molecular flexibility index (Phi) is 8.60. The second-order valence-electron chi connectivity index (χ2n) is 10.1. The number of pyridine rings is 1. The summed E-state index contributed by atoms with van der Waals surface area (Å²) in [5, 5.41) is 0. The first kappa shape index (κ1) is 27.6. The molecule has 0 radical (unpaired) electrons. The first-order chi connectivity index (χ1) is 19.4. The predicted molar refractivity (Wildman–Crippen MR) is 147 cm³/mol. The van der Waals surface area contributed by atoms with E-state index in [9.17, 15) is 18.0 Å². The lowest BCUT2D eigenvalue weighted by molar-refractivity contribution is -0.138. The van der Waals surface area contributed by atoms with E-state index in [1.54, 1.807) is 6.20 Å². The zero-order chi connectivity index (χ0) is 28.0. The number of carbonyl (C=O) groups is 1. The Bertz CT molecular complexity index is 1320. The van der Waals surface area contributed by atoms with E-state index in [1.807, 2.05) is 59.5 Å². The third kappa shape index (κ3) is 6.77. The summed E-state index contributed by atoms with van der Waals surface area (Å²) < 4.78 is 45.5. The molecule has 2 atom stereocenters. The number of likely N-dealkylation sites (tertiary alicyclic amines) is 1. The summed E-state index contributed by atoms with van der Waals surface area (Å²) in [6.07, 6.45) is -2.04. The molecular weight excluding hydrogens is 513 g/mol. The van der Waals surface area contributed by atoms with E-state index in [2.05, 4.69) is 29.2 Å². The molecule has 1 amide bonds. The lowest BCUT2D eigenvalue weighted by atomic mass is 9.75. The van der Waals surface area contributed by atoms with Gasteiger partial charge in [0.25, 0.3) is 0 Å². The van der Waals surface area contributed by atoms with Gasteiger partial charge in [0.05, 0.1) is 24.7 Å². The minimum Gasteiger partial charge on any atom is -0.373 e. The molecule has 0 aliphatic carbocycles. The number of halogens is 3. The largest absolute Gasteiger partial charge is 0.416 e. The number of alkyl halides is 3. The van der Waals surface area contributed by atoms with E-state index in [-0.39, 0.29) is 36.9 Å². The average molecular weight is 545 g/mol. The van der Waals surface area contributed by atoms with Crippen molar-refractivity contribution in [1.82, 2.24) is 9.88 Å². The minimum absolute atomic E-state index is 0.0183. The third-order valence-corrected chi connectivity index (χ3v) is 7.49. The van der Waals surface area contributed by atoms with Crippen molar-refractivity contribution in [3.05, 3.63) is 137 Å². The van der Waals surface area contributed by atoms with E-state index >= 15 is 0 Å². The van der Waals surface area contributed by atoms with Crippen molar-refractivity contribution in [3.8, 4) is 0 Å². The Morgan fingerprint density at radius 3 is 2.08 bits per heavy atom. The lowest BCUT2D eigenvalue weighted by Gasteiger charge is -2.42. The Morgan fingerprint density at radius 1 is 0.875 bits per heavy atom. The van der Waals surface area contributed by atoms with Gasteiger partial charge in [0.2, 0.25) is 5.91 Å². The maximum atomic E-state index is 13.4. The molecule has 5 rings (SSSR count). The fourth-order valence-corrected chi connectivity index (χ4v) is 5.48. The fraction of sp³-hybridized carbons (Fsp3) is 0.273. The zero-order valence-corrected chi connectivity index (χ0v) is 22.0. The number of hydrogen-bond acceptors (Lipinski definition) is 3. The number of carbonyl (C=O) groups excluding carboxylic acids is 1. The van der Waals surface area contributed by atoms with Crippen LogP contribution in [-0.2, 0) is 28.7 Å². The van der Waals surface area contributed by atoms with E-state index < -0.39 is 11.7 Å². The molecule has 0 bridgehead atoms. The highest BCUT2D eigenvalue weighted by Gasteiger charge is 2.38. The number of ether oxygens (including phenoxy) is 1. The van der Waals surface area contributed by atoms with E-state index in [1.165, 1.54) is 12.1 Å². The number of rotatable bonds is 8. The Hall–Kier alpha value is -3.97. The smallest absolute Gasteiger partial charge is 0.373 e. The van der Waals surface area contributed by atoms with Crippen LogP contribution in [0.4, 0.5) is 13.2 Å². The Labute approximate surface area is 232 Å². The molecule has 1 aliphatic heterocycles. The molecule has 4 aromatic rings. The van der Waals surface area contributed by atoms with Crippen LogP contribution in [0.2, 0.25) is 0 Å². The molecule has 4 nitrogen and oxygen atoms in total. The van der Waals surface area contributed by atoms with E-state index in [4.69, 9.17) is 4.74 Å². The van der Waals surface area contributed by atoms with Gasteiger partial charge in [-0.05, 0) is 47.4 Å². The molecule has 0 saturated carbocycles. The van der Waals surface area contributed by atoms with E-state index in [0.717, 1.165) is 29.0 Å². The van der Waals surface area contributed by atoms with Gasteiger partial charge < -0.3 is 9.64 Å². The molecule has 40 heavy (non-hydrogen) atoms. The molecule has 0 spiro atoms. The van der Waals surface area contributed by atoms with Crippen LogP contribution < -0.4 is 0 Å². The van der Waals surface area contributed by atoms with Crippen LogP contribution >= 0.6 is 0 Å². The van der Waals surface area contributed by atoms with Crippen LogP contribution in [0.1, 0.15) is 40.3 Å². The van der Waals surface area contributed by atoms with Gasteiger partial charge >= 0.3 is 6.18 Å². The Balaban J connectivity index is 1.41. The van der Waals surface area contributed by atoms with Crippen LogP contribution in [0.3, 0.4) is 0 Å². The number of aromatic nitrogens is 1. The normalized spacial score (nSPS) is 17.6. The van der Waals surface area contributed by atoms with Gasteiger partial charge in [-0.15, -0.1) is 0 Å². The number of nitrogens with zero attached hydrogens (tertiary/aromatic N) is 2. The van der Waals surface area contributed by atoms with Crippen molar-refractivity contribution in [2.45, 2.75) is 37.6 Å². The van der Waals surface area contributed by atoms with Crippen LogP contribution in [0, 0.1) is 5.92 Å². The van der Waals surface area contributed by atoms with Gasteiger partial charge in [-0.3, -0.25) is 9.78 Å². The zero-order valence-electron chi connectivity index (χ0n) is 22.0. The van der Waals surface area contributed by atoms with Crippen LogP contribution in [0.25, 0.3) is 0 Å². The molecule has 1 aromatic heterocycles. The topological polar surface area (TPSA) is 42.4 Å². The fourth-order valence-electron chi connectivity index (χ4n) is 5.48. The summed E-state index contributed by atoms with van der Waals surface area (Å²) in [5.74, 6) is -0.0871. The lowest BCUT2D eigenvalue weighted by Crippen LogP contribution is -2.49. The highest BCUT2D eigenvalue weighted by molar-refractivity contribution is 5.78. The maximum Gasteiger partial charge on any atom is 0.416 e. The van der Waals surface area contributed by atoms with Crippen molar-refractivity contribution in [2.75, 3.05) is 13.1 Å². The summed E-state index contributed by atoms with van der Waals surface area (Å²) in [4.78, 5) is 19.6. The van der Waals surface area contributed by atoms with Crippen LogP contribution in [0.15, 0.2) is 109 Å². The highest BCUT2D eigenvalue weighted by atomic mass is 19.4. The predicted octanol–water partition coefficient (Wildman–Crippen LogP) is 6.91. The standard InChI is InChI=1S/C33H31F3N2O2/c34-33(35,36)27-16-14-24(15-17-27)23-40-30-18-20-38(31(39)21-28-13-7-8-19-37-28)22-29(30)32(25-9-3-1-4-10-25)26-11-5-2-6-12-26/h1-17,19,29-30,32H,18,20-23H2. The third-order valence-electron chi connectivity index (χ3n) is 7.49. The van der Waals surface area contributed by atoms with Crippen molar-refractivity contribution in [3.63, 3.8) is 0 Å². The molecule has 3 aromatic carbocycles. The molecule has 206 valence electrons. The molecule has 0 N–H and O–H groups in total. The Morgan fingerprint density at radius 2 is 1.50 bits per heavy atom. The van der Waals surface area contributed by atoms with Crippen molar-refractivity contribution >= 4 is 5.91 Å². The number of piperidine rings is 1. The molecule has 1 saturated heterocycles. The summed E-state index contributed by atoms with van der Waals surface area (Å²) in [6.45, 7) is 1.23. The molecule has 2 unspecified atom stereocenters. The number of benzene rings is 3. The maximum absolute atomic E-state index is 13.4. The first-order valence-electron chi connectivity index (χ1n) is 13.4. The highest BCUT2D eigenvalue weighted by Crippen LogP contribution is 2.39. The van der Waals surface area contributed by atoms with Crippen LogP contribution in [0.5, 0.6) is 0 Å². The monoisotopic (exact) mass is 544 g/mol. The summed E-state index contributed by atoms with van der Waals surface area (Å²) >= 11 is 0. The van der Waals surface area contributed by atoms with Gasteiger partial charge in [-0.1, -0.05) is 78.9 Å². The molecule has 7 heteroatoms. The number of amides is 1. The van der Waals surface area contributed by atoms with E-state index in [0.29, 0.717) is 25.1 Å². The van der Waals surface area contributed by atoms with Gasteiger partial charge in [0, 0.05) is 36.8 Å². The van der Waals surface area contributed by atoms with Crippen molar-refractivity contribution in [2.24, 2.45) is 5.92 Å². The summed E-state index contributed by atoms with van der Waals surface area (Å²) in [5.41, 5.74) is 2.98. The molecule has 1 fully saturated rings. The number of hydrogen-bond donors (Lipinski definition) is 0. The van der Waals surface area contributed by atoms with Crippen molar-refractivity contribution < 1.29 is 22.7 Å². The molecule has 2 heterocycles. The second-order valence-corrected chi connectivity index (χ2v) is 10.1. The first-order valence-corrected chi connectivity index (χ1v) is 13.4. The minimum atomic E-state index is -4.38. The molecular formula is C33H31F3N2O2. The second kappa shape index (κ2) is 12.5. The summed E-state index contributed by atoms with van der Waals surface area (Å²) in [7, 11) is 0. The van der Waals surface area contributed by atoms with Gasteiger partial charge in [0.15, 0.2) is 0 Å². The van der Waals surface area contributed by atoms with Crippen molar-refractivity contribution in [1.29, 1.82) is 0 Å². The van der Waals surface area contributed by atoms with Crippen LogP contribution in [-0.4, -0.2) is 35.0 Å². The SMILES string of the molecule is O=C(Cc1ccccn1)N1CCC(OCc2ccc(C(F)(F)F)cc2)C(C(c2ccccc2)c2ccccc2)C1. The quantitative estimate of drug-likeness (QED) is 0.242.